The molecule has 0 fully saturated rings. The molecule has 6 heteroatoms. The Morgan fingerprint density at radius 2 is 1.86 bits per heavy atom. The van der Waals surface area contributed by atoms with Crippen LogP contribution in [-0.4, -0.2) is 10.0 Å². The molecule has 0 spiro atoms. The van der Waals surface area contributed by atoms with Gasteiger partial charge in [0, 0.05) is 11.8 Å². The number of para-hydroxylation sites is 1. The van der Waals surface area contributed by atoms with Crippen LogP contribution in [0.5, 0.6) is 0 Å². The topological polar surface area (TPSA) is 67.2 Å². The quantitative estimate of drug-likeness (QED) is 0.501. The fourth-order valence-electron chi connectivity index (χ4n) is 2.07. The van der Waals surface area contributed by atoms with Crippen molar-refractivity contribution in [1.29, 1.82) is 0 Å². The van der Waals surface area contributed by atoms with Crippen LogP contribution >= 0.6 is 12.2 Å². The fraction of sp³-hybridized carbons (Fsp3) is 0.188. The molecule has 22 heavy (non-hydrogen) atoms. The standard InChI is InChI=1S/C16H17N3O2S/c1-3-12-7-9-13(10-8-12)17-16(22)18-15-11(2)5-4-6-14(15)19(20)21/h4-10H,3H2,1-2H3,(H2,17,18,22). The Bertz CT molecular complexity index is 699. The minimum atomic E-state index is -0.423. The number of hydrogen-bond acceptors (Lipinski definition) is 3. The maximum atomic E-state index is 11.1. The number of rotatable bonds is 4. The number of nitrogens with zero attached hydrogens (tertiary/aromatic N) is 1. The van der Waals surface area contributed by atoms with E-state index in [1.807, 2.05) is 24.3 Å². The van der Waals surface area contributed by atoms with E-state index in [1.165, 1.54) is 11.6 Å². The zero-order valence-corrected chi connectivity index (χ0v) is 13.2. The van der Waals surface area contributed by atoms with E-state index in [2.05, 4.69) is 17.6 Å². The van der Waals surface area contributed by atoms with E-state index in [1.54, 1.807) is 19.1 Å². The Morgan fingerprint density at radius 3 is 2.45 bits per heavy atom. The molecule has 2 N–H and O–H groups in total. The average Bonchev–Trinajstić information content (AvgIpc) is 2.49. The maximum Gasteiger partial charge on any atom is 0.293 e. The summed E-state index contributed by atoms with van der Waals surface area (Å²) < 4.78 is 0. The van der Waals surface area contributed by atoms with E-state index < -0.39 is 4.92 Å². The van der Waals surface area contributed by atoms with E-state index >= 15 is 0 Å². The Hall–Kier alpha value is -2.47. The van der Waals surface area contributed by atoms with Gasteiger partial charge in [-0.3, -0.25) is 10.1 Å². The zero-order valence-electron chi connectivity index (χ0n) is 12.4. The number of thiocarbonyl (C=S) groups is 1. The van der Waals surface area contributed by atoms with Crippen molar-refractivity contribution < 1.29 is 4.92 Å². The minimum Gasteiger partial charge on any atom is -0.332 e. The highest BCUT2D eigenvalue weighted by atomic mass is 32.1. The Balaban J connectivity index is 2.13. The number of nitrogens with one attached hydrogen (secondary N) is 2. The van der Waals surface area contributed by atoms with Gasteiger partial charge in [0.05, 0.1) is 4.92 Å². The molecule has 0 radical (unpaired) electrons. The second kappa shape index (κ2) is 7.00. The van der Waals surface area contributed by atoms with Crippen LogP contribution in [-0.2, 0) is 6.42 Å². The van der Waals surface area contributed by atoms with Gasteiger partial charge in [-0.05, 0) is 48.8 Å². The second-order valence-corrected chi connectivity index (χ2v) is 5.26. The molecule has 2 aromatic rings. The molecule has 0 aliphatic rings. The maximum absolute atomic E-state index is 11.1. The SMILES string of the molecule is CCc1ccc(NC(=S)Nc2c(C)cccc2[N+](=O)[O-])cc1. The van der Waals surface area contributed by atoms with E-state index in [0.717, 1.165) is 17.7 Å². The average molecular weight is 315 g/mol. The molecule has 0 saturated heterocycles. The molecular formula is C16H17N3O2S. The van der Waals surface area contributed by atoms with Crippen LogP contribution in [0.2, 0.25) is 0 Å². The molecule has 0 bridgehead atoms. The molecule has 0 heterocycles. The van der Waals surface area contributed by atoms with Crippen molar-refractivity contribution in [3.8, 4) is 0 Å². The first-order valence-electron chi connectivity index (χ1n) is 6.92. The Kier molecular flexibility index (Phi) is 5.06. The molecule has 2 rings (SSSR count). The van der Waals surface area contributed by atoms with Gasteiger partial charge in [0.2, 0.25) is 0 Å². The van der Waals surface area contributed by atoms with Crippen LogP contribution in [0.25, 0.3) is 0 Å². The summed E-state index contributed by atoms with van der Waals surface area (Å²) in [5.41, 5.74) is 3.25. The van der Waals surface area contributed by atoms with Crippen molar-refractivity contribution in [3.63, 3.8) is 0 Å². The first-order chi connectivity index (χ1) is 10.5. The predicted octanol–water partition coefficient (Wildman–Crippen LogP) is 4.27. The van der Waals surface area contributed by atoms with Crippen LogP contribution in [0.1, 0.15) is 18.1 Å². The van der Waals surface area contributed by atoms with Crippen LogP contribution in [0, 0.1) is 17.0 Å². The zero-order chi connectivity index (χ0) is 16.1. The highest BCUT2D eigenvalue weighted by Gasteiger charge is 2.16. The molecule has 114 valence electrons. The van der Waals surface area contributed by atoms with E-state index in [4.69, 9.17) is 12.2 Å². The number of nitro benzene ring substituents is 1. The summed E-state index contributed by atoms with van der Waals surface area (Å²) in [6, 6.07) is 12.8. The number of anilines is 2. The van der Waals surface area contributed by atoms with Crippen molar-refractivity contribution in [2.75, 3.05) is 10.6 Å². The van der Waals surface area contributed by atoms with Gasteiger partial charge in [-0.1, -0.05) is 31.2 Å². The molecule has 0 saturated carbocycles. The third-order valence-corrected chi connectivity index (χ3v) is 3.51. The largest absolute Gasteiger partial charge is 0.332 e. The molecule has 0 amide bonds. The molecule has 0 aliphatic heterocycles. The van der Waals surface area contributed by atoms with Crippen molar-refractivity contribution in [2.24, 2.45) is 0 Å². The molecule has 5 nitrogen and oxygen atoms in total. The number of hydrogen-bond donors (Lipinski definition) is 2. The molecule has 0 aliphatic carbocycles. The van der Waals surface area contributed by atoms with Crippen molar-refractivity contribution in [3.05, 3.63) is 63.7 Å². The lowest BCUT2D eigenvalue weighted by Crippen LogP contribution is -2.20. The summed E-state index contributed by atoms with van der Waals surface area (Å²) in [6.45, 7) is 3.89. The van der Waals surface area contributed by atoms with Gasteiger partial charge < -0.3 is 10.6 Å². The molecule has 2 aromatic carbocycles. The lowest BCUT2D eigenvalue weighted by Gasteiger charge is -2.13. The van der Waals surface area contributed by atoms with E-state index in [-0.39, 0.29) is 5.69 Å². The summed E-state index contributed by atoms with van der Waals surface area (Å²) in [7, 11) is 0. The van der Waals surface area contributed by atoms with Gasteiger partial charge in [-0.2, -0.15) is 0 Å². The highest BCUT2D eigenvalue weighted by molar-refractivity contribution is 7.80. The van der Waals surface area contributed by atoms with Crippen molar-refractivity contribution in [2.45, 2.75) is 20.3 Å². The van der Waals surface area contributed by atoms with Gasteiger partial charge >= 0.3 is 0 Å². The summed E-state index contributed by atoms with van der Waals surface area (Å²) in [5.74, 6) is 0. The van der Waals surface area contributed by atoms with E-state index in [9.17, 15) is 10.1 Å². The lowest BCUT2D eigenvalue weighted by molar-refractivity contribution is -0.383. The minimum absolute atomic E-state index is 0.00507. The summed E-state index contributed by atoms with van der Waals surface area (Å²) in [4.78, 5) is 10.7. The normalized spacial score (nSPS) is 10.1. The smallest absolute Gasteiger partial charge is 0.293 e. The van der Waals surface area contributed by atoms with Crippen molar-refractivity contribution in [1.82, 2.24) is 0 Å². The van der Waals surface area contributed by atoms with Gasteiger partial charge in [-0.25, -0.2) is 0 Å². The monoisotopic (exact) mass is 315 g/mol. The molecule has 0 unspecified atom stereocenters. The van der Waals surface area contributed by atoms with Gasteiger partial charge in [0.15, 0.2) is 5.11 Å². The summed E-state index contributed by atoms with van der Waals surface area (Å²) in [5, 5.41) is 17.4. The number of benzene rings is 2. The first-order valence-corrected chi connectivity index (χ1v) is 7.33. The predicted molar refractivity (Wildman–Crippen MR) is 93.5 cm³/mol. The van der Waals surface area contributed by atoms with Crippen LogP contribution in [0.3, 0.4) is 0 Å². The molecule has 0 aromatic heterocycles. The third kappa shape index (κ3) is 3.79. The van der Waals surface area contributed by atoms with Gasteiger partial charge in [-0.15, -0.1) is 0 Å². The lowest BCUT2D eigenvalue weighted by atomic mass is 10.1. The Labute approximate surface area is 134 Å². The first kappa shape index (κ1) is 15.9. The van der Waals surface area contributed by atoms with Gasteiger partial charge in [0.25, 0.3) is 5.69 Å². The van der Waals surface area contributed by atoms with Crippen LogP contribution in [0.15, 0.2) is 42.5 Å². The molecule has 0 atom stereocenters. The summed E-state index contributed by atoms with van der Waals surface area (Å²) >= 11 is 5.24. The number of nitro groups is 1. The third-order valence-electron chi connectivity index (χ3n) is 3.31. The van der Waals surface area contributed by atoms with Crippen LogP contribution < -0.4 is 10.6 Å². The van der Waals surface area contributed by atoms with Crippen molar-refractivity contribution >= 4 is 34.4 Å². The Morgan fingerprint density at radius 1 is 1.18 bits per heavy atom. The van der Waals surface area contributed by atoms with Crippen LogP contribution in [0.4, 0.5) is 17.1 Å². The number of aryl methyl sites for hydroxylation is 2. The highest BCUT2D eigenvalue weighted by Crippen LogP contribution is 2.27. The van der Waals surface area contributed by atoms with Gasteiger partial charge in [0.1, 0.15) is 5.69 Å². The summed E-state index contributed by atoms with van der Waals surface area (Å²) in [6.07, 6.45) is 0.971. The molecular weight excluding hydrogens is 298 g/mol. The van der Waals surface area contributed by atoms with E-state index in [0.29, 0.717) is 10.8 Å². The fourth-order valence-corrected chi connectivity index (χ4v) is 2.29. The second-order valence-electron chi connectivity index (χ2n) is 4.86.